The number of nitrogens with one attached hydrogen (secondary N) is 1. The molecule has 0 heterocycles. The number of carbonyl (C=O) groups is 2. The van der Waals surface area contributed by atoms with E-state index in [-0.39, 0.29) is 23.8 Å². The van der Waals surface area contributed by atoms with Gasteiger partial charge in [0.1, 0.15) is 0 Å². The largest absolute Gasteiger partial charge is 0.416 e. The number of hydrogen-bond donors (Lipinski definition) is 1. The molecule has 3 aromatic carbocycles. The van der Waals surface area contributed by atoms with Gasteiger partial charge in [-0.2, -0.15) is 26.3 Å². The molecule has 3 rings (SSSR count). The molecule has 226 valence electrons. The fourth-order valence-electron chi connectivity index (χ4n) is 4.18. The molecular weight excluding hydrogens is 610 g/mol. The Bertz CT molecular complexity index is 1530. The van der Waals surface area contributed by atoms with Crippen LogP contribution in [0.25, 0.3) is 0 Å². The standard InChI is InChI=1S/C28H25ClF6N2O4S/c1-17-5-3-4-6-24(17)42(40,41)36-25(38)12-11-23(13-18-7-9-22(29)10-8-18)37(2)26(39)19-14-20(27(30,31)32)16-21(15-19)28(33,34)35/h3-10,14-16,23H,11-13H2,1-2H3,(H,36,38). The van der Waals surface area contributed by atoms with Crippen LogP contribution in [0.3, 0.4) is 0 Å². The Morgan fingerprint density at radius 2 is 1.45 bits per heavy atom. The van der Waals surface area contributed by atoms with E-state index in [4.69, 9.17) is 11.6 Å². The summed E-state index contributed by atoms with van der Waals surface area (Å²) in [5.41, 5.74) is -3.17. The number of halogens is 7. The van der Waals surface area contributed by atoms with Crippen LogP contribution in [-0.4, -0.2) is 38.2 Å². The maximum Gasteiger partial charge on any atom is 0.416 e. The van der Waals surface area contributed by atoms with Crippen molar-refractivity contribution in [3.05, 3.63) is 99.6 Å². The van der Waals surface area contributed by atoms with Crippen LogP contribution in [0.5, 0.6) is 0 Å². The maximum atomic E-state index is 13.4. The molecule has 42 heavy (non-hydrogen) atoms. The SMILES string of the molecule is Cc1ccccc1S(=O)(=O)NC(=O)CCC(Cc1ccc(Cl)cc1)N(C)C(=O)c1cc(C(F)(F)F)cc(C(F)(F)F)c1. The van der Waals surface area contributed by atoms with E-state index >= 15 is 0 Å². The van der Waals surface area contributed by atoms with Gasteiger partial charge in [0.2, 0.25) is 5.91 Å². The third-order valence-corrected chi connectivity index (χ3v) is 8.21. The van der Waals surface area contributed by atoms with Crippen molar-refractivity contribution in [1.29, 1.82) is 0 Å². The number of nitrogens with zero attached hydrogens (tertiary/aromatic N) is 1. The Hall–Kier alpha value is -3.58. The highest BCUT2D eigenvalue weighted by atomic mass is 35.5. The lowest BCUT2D eigenvalue weighted by atomic mass is 9.98. The van der Waals surface area contributed by atoms with Crippen molar-refractivity contribution in [3.8, 4) is 0 Å². The Labute approximate surface area is 243 Å². The van der Waals surface area contributed by atoms with Gasteiger partial charge in [0, 0.05) is 30.1 Å². The Morgan fingerprint density at radius 1 is 0.905 bits per heavy atom. The molecule has 0 aliphatic heterocycles. The first kappa shape index (κ1) is 32.9. The molecule has 0 radical (unpaired) electrons. The van der Waals surface area contributed by atoms with Gasteiger partial charge in [0.25, 0.3) is 15.9 Å². The van der Waals surface area contributed by atoms with E-state index in [2.05, 4.69) is 0 Å². The van der Waals surface area contributed by atoms with Crippen molar-refractivity contribution in [2.75, 3.05) is 7.05 Å². The van der Waals surface area contributed by atoms with Gasteiger partial charge in [0.15, 0.2) is 0 Å². The van der Waals surface area contributed by atoms with Crippen molar-refractivity contribution in [3.63, 3.8) is 0 Å². The Kier molecular flexibility index (Phi) is 9.99. The number of likely N-dealkylation sites (N-methyl/N-ethyl adjacent to an activating group) is 1. The minimum absolute atomic E-state index is 0.0301. The van der Waals surface area contributed by atoms with Crippen molar-refractivity contribution in [2.45, 2.75) is 49.5 Å². The van der Waals surface area contributed by atoms with Gasteiger partial charge in [-0.05, 0) is 67.3 Å². The molecule has 1 atom stereocenters. The number of hydrogen-bond acceptors (Lipinski definition) is 4. The van der Waals surface area contributed by atoms with Crippen LogP contribution in [0.2, 0.25) is 5.02 Å². The van der Waals surface area contributed by atoms with Gasteiger partial charge in [-0.1, -0.05) is 41.9 Å². The number of benzene rings is 3. The highest BCUT2D eigenvalue weighted by Gasteiger charge is 2.38. The lowest BCUT2D eigenvalue weighted by molar-refractivity contribution is -0.143. The van der Waals surface area contributed by atoms with Crippen molar-refractivity contribution >= 4 is 33.4 Å². The number of carbonyl (C=O) groups excluding carboxylic acids is 2. The first-order valence-electron chi connectivity index (χ1n) is 12.3. The topological polar surface area (TPSA) is 83.6 Å². The first-order chi connectivity index (χ1) is 19.4. The van der Waals surface area contributed by atoms with Crippen LogP contribution in [0.4, 0.5) is 26.3 Å². The molecule has 0 aromatic heterocycles. The van der Waals surface area contributed by atoms with E-state index in [0.29, 0.717) is 28.3 Å². The molecule has 0 saturated carbocycles. The van der Waals surface area contributed by atoms with Crippen LogP contribution in [0, 0.1) is 6.92 Å². The fraction of sp³-hybridized carbons (Fsp3) is 0.286. The molecule has 1 N–H and O–H groups in total. The maximum absolute atomic E-state index is 13.4. The molecule has 0 aliphatic rings. The average molecular weight is 635 g/mol. The van der Waals surface area contributed by atoms with Gasteiger partial charge in [-0.25, -0.2) is 13.1 Å². The molecule has 14 heteroatoms. The monoisotopic (exact) mass is 634 g/mol. The van der Waals surface area contributed by atoms with Gasteiger partial charge in [-0.3, -0.25) is 9.59 Å². The lowest BCUT2D eigenvalue weighted by Gasteiger charge is -2.29. The second kappa shape index (κ2) is 12.7. The summed E-state index contributed by atoms with van der Waals surface area (Å²) in [6.07, 6.45) is -10.9. The lowest BCUT2D eigenvalue weighted by Crippen LogP contribution is -2.40. The third-order valence-electron chi connectivity index (χ3n) is 6.42. The summed E-state index contributed by atoms with van der Waals surface area (Å²) in [6.45, 7) is 1.54. The number of sulfonamides is 1. The van der Waals surface area contributed by atoms with Crippen LogP contribution in [-0.2, 0) is 33.6 Å². The summed E-state index contributed by atoms with van der Waals surface area (Å²) in [6, 6.07) is 11.9. The van der Waals surface area contributed by atoms with Gasteiger partial charge >= 0.3 is 12.4 Å². The summed E-state index contributed by atoms with van der Waals surface area (Å²) in [5.74, 6) is -2.07. The first-order valence-corrected chi connectivity index (χ1v) is 14.2. The Balaban J connectivity index is 1.89. The minimum atomic E-state index is -5.15. The molecule has 1 unspecified atom stereocenters. The van der Waals surface area contributed by atoms with Crippen LogP contribution >= 0.6 is 11.6 Å². The molecule has 0 bridgehead atoms. The molecule has 6 nitrogen and oxygen atoms in total. The fourth-order valence-corrected chi connectivity index (χ4v) is 5.57. The quantitative estimate of drug-likeness (QED) is 0.267. The predicted octanol–water partition coefficient (Wildman–Crippen LogP) is 6.65. The smallest absolute Gasteiger partial charge is 0.338 e. The summed E-state index contributed by atoms with van der Waals surface area (Å²) < 4.78 is 108. The van der Waals surface area contributed by atoms with E-state index < -0.39 is 63.3 Å². The summed E-state index contributed by atoms with van der Waals surface area (Å²) in [4.78, 5) is 26.7. The molecule has 0 spiro atoms. The highest BCUT2D eigenvalue weighted by Crippen LogP contribution is 2.36. The second-order valence-corrected chi connectivity index (χ2v) is 11.6. The van der Waals surface area contributed by atoms with E-state index in [0.717, 1.165) is 4.90 Å². The summed E-state index contributed by atoms with van der Waals surface area (Å²) >= 11 is 5.91. The van der Waals surface area contributed by atoms with Gasteiger partial charge < -0.3 is 4.90 Å². The van der Waals surface area contributed by atoms with E-state index in [1.54, 1.807) is 43.3 Å². The number of rotatable bonds is 9. The van der Waals surface area contributed by atoms with Gasteiger partial charge in [-0.15, -0.1) is 0 Å². The van der Waals surface area contributed by atoms with Crippen LogP contribution in [0.15, 0.2) is 71.6 Å². The number of alkyl halides is 6. The van der Waals surface area contributed by atoms with Gasteiger partial charge in [0.05, 0.1) is 16.0 Å². The molecule has 2 amide bonds. The molecule has 0 aliphatic carbocycles. The van der Waals surface area contributed by atoms with Crippen molar-refractivity contribution in [1.82, 2.24) is 9.62 Å². The molecular formula is C28H25ClF6N2O4S. The normalized spacial score (nSPS) is 13.0. The molecule has 0 fully saturated rings. The molecule has 0 saturated heterocycles. The second-order valence-electron chi connectivity index (χ2n) is 9.53. The van der Waals surface area contributed by atoms with Crippen molar-refractivity contribution in [2.24, 2.45) is 0 Å². The number of aryl methyl sites for hydroxylation is 1. The van der Waals surface area contributed by atoms with E-state index in [1.807, 2.05) is 4.72 Å². The van der Waals surface area contributed by atoms with Crippen molar-refractivity contribution < 1.29 is 44.3 Å². The Morgan fingerprint density at radius 3 is 1.98 bits per heavy atom. The number of amides is 2. The molecule has 3 aromatic rings. The zero-order valence-electron chi connectivity index (χ0n) is 22.2. The predicted molar refractivity (Wildman–Crippen MR) is 143 cm³/mol. The summed E-state index contributed by atoms with van der Waals surface area (Å²) in [7, 11) is -3.05. The summed E-state index contributed by atoms with van der Waals surface area (Å²) in [5, 5.41) is 0.393. The van der Waals surface area contributed by atoms with E-state index in [9.17, 15) is 44.3 Å². The van der Waals surface area contributed by atoms with Crippen LogP contribution in [0.1, 0.15) is 45.5 Å². The minimum Gasteiger partial charge on any atom is -0.338 e. The average Bonchev–Trinajstić information content (AvgIpc) is 2.90. The van der Waals surface area contributed by atoms with E-state index in [1.165, 1.54) is 19.2 Å². The highest BCUT2D eigenvalue weighted by molar-refractivity contribution is 7.90. The zero-order chi connectivity index (χ0) is 31.5. The zero-order valence-corrected chi connectivity index (χ0v) is 23.8. The third kappa shape index (κ3) is 8.48. The van der Waals surface area contributed by atoms with Crippen LogP contribution < -0.4 is 4.72 Å².